The minimum absolute atomic E-state index is 0.0141. The molecule has 4 atom stereocenters. The van der Waals surface area contributed by atoms with Gasteiger partial charge in [-0.25, -0.2) is 14.2 Å². The maximum Gasteiger partial charge on any atom is 0.368 e. The SMILES string of the molecule is CCC(CC)CC1CC2C(C)C(Nc3nc(Nc4ccc(C5CC5)c(-n5nnn(C)c5=O)c4)ncc3F)CC(C)(C)N2C1. The van der Waals surface area contributed by atoms with E-state index in [2.05, 4.69) is 70.5 Å². The summed E-state index contributed by atoms with van der Waals surface area (Å²) in [6.07, 6.45) is 9.28. The number of aromatic nitrogens is 6. The van der Waals surface area contributed by atoms with Crippen molar-refractivity contribution in [3.8, 4) is 5.69 Å². The summed E-state index contributed by atoms with van der Waals surface area (Å²) in [7, 11) is 1.58. The molecule has 0 amide bonds. The van der Waals surface area contributed by atoms with Crippen molar-refractivity contribution in [1.82, 2.24) is 34.7 Å². The summed E-state index contributed by atoms with van der Waals surface area (Å²) in [5.41, 5.74) is 2.14. The van der Waals surface area contributed by atoms with Crippen molar-refractivity contribution in [2.45, 2.75) is 103 Å². The molecule has 0 bridgehead atoms. The molecule has 232 valence electrons. The molecule has 6 rings (SSSR count). The van der Waals surface area contributed by atoms with Gasteiger partial charge >= 0.3 is 5.69 Å². The van der Waals surface area contributed by atoms with Gasteiger partial charge in [-0.15, -0.1) is 0 Å². The summed E-state index contributed by atoms with van der Waals surface area (Å²) in [6, 6.07) is 6.37. The molecule has 1 aromatic carbocycles. The standard InChI is InChI=1S/C32H46FN9O/c1-7-20(8-2)13-21-14-27-19(3)26(16-32(4,5)41(27)18-21)36-29-25(33)17-34-30(37-29)35-23-11-12-24(22-9-10-22)28(15-23)42-31(43)40(6)38-39-42/h11-12,15,17,19-22,26-27H,7-10,13-14,16,18H2,1-6H3,(H2,34,35,36,37). The zero-order valence-electron chi connectivity index (χ0n) is 26.3. The number of benzene rings is 1. The number of hydrogen-bond donors (Lipinski definition) is 2. The molecule has 3 fully saturated rings. The zero-order chi connectivity index (χ0) is 30.5. The molecule has 1 saturated carbocycles. The van der Waals surface area contributed by atoms with Crippen LogP contribution in [0.3, 0.4) is 0 Å². The predicted octanol–water partition coefficient (Wildman–Crippen LogP) is 5.63. The van der Waals surface area contributed by atoms with Crippen LogP contribution >= 0.6 is 0 Å². The highest BCUT2D eigenvalue weighted by atomic mass is 19.1. The monoisotopic (exact) mass is 591 g/mol. The van der Waals surface area contributed by atoms with Gasteiger partial charge in [0.25, 0.3) is 0 Å². The van der Waals surface area contributed by atoms with E-state index in [0.717, 1.165) is 43.2 Å². The highest BCUT2D eigenvalue weighted by molar-refractivity contribution is 5.61. The minimum Gasteiger partial charge on any atom is -0.364 e. The van der Waals surface area contributed by atoms with Gasteiger partial charge in [0.2, 0.25) is 5.95 Å². The molecule has 0 spiro atoms. The molecule has 4 heterocycles. The van der Waals surface area contributed by atoms with E-state index in [1.165, 1.54) is 41.2 Å². The van der Waals surface area contributed by atoms with Crippen LogP contribution in [0.1, 0.15) is 91.0 Å². The number of nitrogens with one attached hydrogen (secondary N) is 2. The Morgan fingerprint density at radius 3 is 2.60 bits per heavy atom. The third kappa shape index (κ3) is 5.92. The first-order valence-corrected chi connectivity index (χ1v) is 16.0. The normalized spacial score (nSPS) is 25.2. The van der Waals surface area contributed by atoms with Gasteiger partial charge in [0.15, 0.2) is 11.6 Å². The number of piperidine rings is 1. The van der Waals surface area contributed by atoms with E-state index < -0.39 is 5.82 Å². The van der Waals surface area contributed by atoms with E-state index in [4.69, 9.17) is 0 Å². The van der Waals surface area contributed by atoms with Gasteiger partial charge in [-0.05, 0) is 97.7 Å². The van der Waals surface area contributed by atoms with E-state index in [-0.39, 0.29) is 29.0 Å². The third-order valence-electron chi connectivity index (χ3n) is 10.3. The van der Waals surface area contributed by atoms with E-state index >= 15 is 4.39 Å². The van der Waals surface area contributed by atoms with Crippen LogP contribution in [-0.2, 0) is 7.05 Å². The van der Waals surface area contributed by atoms with Gasteiger partial charge in [0.1, 0.15) is 0 Å². The molecule has 3 aromatic rings. The maximum absolute atomic E-state index is 15.1. The lowest BCUT2D eigenvalue weighted by molar-refractivity contribution is 0.0153. The summed E-state index contributed by atoms with van der Waals surface area (Å²) in [6.45, 7) is 12.7. The number of nitrogens with zero attached hydrogens (tertiary/aromatic N) is 7. The van der Waals surface area contributed by atoms with Crippen molar-refractivity contribution < 1.29 is 4.39 Å². The lowest BCUT2D eigenvalue weighted by atomic mass is 9.77. The average Bonchev–Trinajstić information content (AvgIpc) is 3.64. The second-order valence-corrected chi connectivity index (χ2v) is 13.7. The molecule has 11 heteroatoms. The molecule has 4 unspecified atom stereocenters. The third-order valence-corrected chi connectivity index (χ3v) is 10.3. The molecule has 2 aliphatic heterocycles. The second-order valence-electron chi connectivity index (χ2n) is 13.7. The number of halogens is 1. The molecule has 1 aliphatic carbocycles. The van der Waals surface area contributed by atoms with Crippen LogP contribution in [0.2, 0.25) is 0 Å². The summed E-state index contributed by atoms with van der Waals surface area (Å²) in [5.74, 6) is 2.31. The lowest BCUT2D eigenvalue weighted by Crippen LogP contribution is -2.59. The molecule has 2 saturated heterocycles. The van der Waals surface area contributed by atoms with Crippen molar-refractivity contribution in [2.75, 3.05) is 17.2 Å². The molecule has 10 nitrogen and oxygen atoms in total. The van der Waals surface area contributed by atoms with Crippen molar-refractivity contribution >= 4 is 17.5 Å². The first kappa shape index (κ1) is 29.7. The van der Waals surface area contributed by atoms with E-state index in [1.807, 2.05) is 18.2 Å². The summed E-state index contributed by atoms with van der Waals surface area (Å²) in [5, 5.41) is 14.7. The number of anilines is 3. The van der Waals surface area contributed by atoms with Gasteiger partial charge < -0.3 is 10.6 Å². The molecule has 2 N–H and O–H groups in total. The van der Waals surface area contributed by atoms with Crippen LogP contribution in [0.15, 0.2) is 29.2 Å². The smallest absolute Gasteiger partial charge is 0.364 e. The van der Waals surface area contributed by atoms with Gasteiger partial charge in [-0.1, -0.05) is 39.7 Å². The van der Waals surface area contributed by atoms with Crippen LogP contribution in [-0.4, -0.2) is 58.8 Å². The van der Waals surface area contributed by atoms with E-state index in [1.54, 1.807) is 7.05 Å². The van der Waals surface area contributed by atoms with Crippen LogP contribution in [0, 0.1) is 23.6 Å². The number of tetrazole rings is 1. The van der Waals surface area contributed by atoms with Crippen LogP contribution < -0.4 is 16.3 Å². The second kappa shape index (κ2) is 11.6. The Bertz CT molecular complexity index is 1510. The van der Waals surface area contributed by atoms with Crippen molar-refractivity contribution in [3.05, 3.63) is 46.3 Å². The Labute approximate surface area is 253 Å². The number of aryl methyl sites for hydroxylation is 1. The van der Waals surface area contributed by atoms with E-state index in [9.17, 15) is 4.79 Å². The first-order chi connectivity index (χ1) is 20.6. The van der Waals surface area contributed by atoms with E-state index in [0.29, 0.717) is 29.3 Å². The highest BCUT2D eigenvalue weighted by Gasteiger charge is 2.49. The summed E-state index contributed by atoms with van der Waals surface area (Å²) in [4.78, 5) is 24.2. The molecule has 43 heavy (non-hydrogen) atoms. The Hall–Kier alpha value is -3.34. The molecular weight excluding hydrogens is 545 g/mol. The minimum atomic E-state index is -0.466. The fraction of sp³-hybridized carbons (Fsp3) is 0.656. The number of hydrogen-bond acceptors (Lipinski definition) is 8. The Kier molecular flexibility index (Phi) is 8.04. The van der Waals surface area contributed by atoms with Gasteiger partial charge in [0, 0.05) is 36.9 Å². The number of fused-ring (bicyclic) bond motifs is 1. The molecule has 2 aromatic heterocycles. The highest BCUT2D eigenvalue weighted by Crippen LogP contribution is 2.45. The molecular formula is C32H46FN9O. The fourth-order valence-corrected chi connectivity index (χ4v) is 7.55. The van der Waals surface area contributed by atoms with Crippen molar-refractivity contribution in [1.29, 1.82) is 0 Å². The zero-order valence-corrected chi connectivity index (χ0v) is 26.3. The Morgan fingerprint density at radius 1 is 1.16 bits per heavy atom. The Morgan fingerprint density at radius 2 is 1.93 bits per heavy atom. The van der Waals surface area contributed by atoms with Gasteiger partial charge in [0.05, 0.1) is 11.9 Å². The first-order valence-electron chi connectivity index (χ1n) is 16.0. The van der Waals surface area contributed by atoms with Gasteiger partial charge in [-0.3, -0.25) is 4.90 Å². The van der Waals surface area contributed by atoms with Crippen LogP contribution in [0.25, 0.3) is 5.69 Å². The number of rotatable bonds is 10. The predicted molar refractivity (Wildman–Crippen MR) is 166 cm³/mol. The topological polar surface area (TPSA) is 106 Å². The fourth-order valence-electron chi connectivity index (χ4n) is 7.55. The maximum atomic E-state index is 15.1. The summed E-state index contributed by atoms with van der Waals surface area (Å²) >= 11 is 0. The lowest BCUT2D eigenvalue weighted by Gasteiger charge is -2.51. The van der Waals surface area contributed by atoms with Crippen molar-refractivity contribution in [2.24, 2.45) is 24.8 Å². The quantitative estimate of drug-likeness (QED) is 0.313. The largest absolute Gasteiger partial charge is 0.368 e. The summed E-state index contributed by atoms with van der Waals surface area (Å²) < 4.78 is 17.7. The Balaban J connectivity index is 1.20. The average molecular weight is 592 g/mol. The van der Waals surface area contributed by atoms with Gasteiger partial charge in [-0.2, -0.15) is 14.3 Å². The van der Waals surface area contributed by atoms with Crippen LogP contribution in [0.4, 0.5) is 21.8 Å². The molecule has 0 radical (unpaired) electrons. The van der Waals surface area contributed by atoms with Crippen molar-refractivity contribution in [3.63, 3.8) is 0 Å². The van der Waals surface area contributed by atoms with Crippen LogP contribution in [0.5, 0.6) is 0 Å². The molecule has 3 aliphatic rings.